The van der Waals surface area contributed by atoms with Crippen molar-refractivity contribution in [1.29, 1.82) is 0 Å². The van der Waals surface area contributed by atoms with Gasteiger partial charge in [-0.2, -0.15) is 8.78 Å². The predicted molar refractivity (Wildman–Crippen MR) is 84.1 cm³/mol. The lowest BCUT2D eigenvalue weighted by molar-refractivity contribution is -0.171. The van der Waals surface area contributed by atoms with Gasteiger partial charge in [0, 0.05) is 12.1 Å². The summed E-state index contributed by atoms with van der Waals surface area (Å²) in [6.45, 7) is 7.05. The fourth-order valence-electron chi connectivity index (χ4n) is 1.64. The van der Waals surface area contributed by atoms with Crippen molar-refractivity contribution >= 4 is 25.3 Å². The minimum atomic E-state index is -3.59. The number of benzene rings is 1. The minimum Gasteiger partial charge on any atom is -0.462 e. The zero-order valence-electron chi connectivity index (χ0n) is 13.2. The topological polar surface area (TPSA) is 55.4 Å². The number of nitrogens with one attached hydrogen (secondary N) is 1. The number of anilines is 1. The van der Waals surface area contributed by atoms with E-state index < -0.39 is 26.4 Å². The largest absolute Gasteiger partial charge is 0.462 e. The fourth-order valence-corrected chi connectivity index (χ4v) is 2.16. The Labute approximate surface area is 129 Å². The summed E-state index contributed by atoms with van der Waals surface area (Å²) in [5.74, 6) is -5.12. The third kappa shape index (κ3) is 5.21. The van der Waals surface area contributed by atoms with Gasteiger partial charge in [0.2, 0.25) is 0 Å². The molecule has 0 atom stereocenters. The highest BCUT2D eigenvalue weighted by Crippen LogP contribution is 2.24. The Hall–Kier alpha value is -1.76. The third-order valence-corrected chi connectivity index (χ3v) is 4.35. The second-order valence-electron chi connectivity index (χ2n) is 6.01. The molecule has 122 valence electrons. The molecule has 0 heterocycles. The van der Waals surface area contributed by atoms with Crippen molar-refractivity contribution in [2.45, 2.75) is 38.9 Å². The van der Waals surface area contributed by atoms with E-state index in [1.165, 1.54) is 19.1 Å². The number of amides is 1. The quantitative estimate of drug-likeness (QED) is 0.636. The first-order valence-electron chi connectivity index (χ1n) is 7.01. The predicted octanol–water partition coefficient (Wildman–Crippen LogP) is 3.88. The highest BCUT2D eigenvalue weighted by atomic mass is 28.3. The van der Waals surface area contributed by atoms with Gasteiger partial charge in [0.05, 0.1) is 6.61 Å². The van der Waals surface area contributed by atoms with E-state index in [1.807, 2.05) is 19.6 Å². The molecule has 0 aliphatic heterocycles. The van der Waals surface area contributed by atoms with Crippen molar-refractivity contribution in [2.75, 3.05) is 11.9 Å². The molecule has 1 amide bonds. The van der Waals surface area contributed by atoms with Crippen LogP contribution in [0.5, 0.6) is 0 Å². The molecule has 0 aliphatic carbocycles. The lowest BCUT2D eigenvalue weighted by Crippen LogP contribution is -2.37. The van der Waals surface area contributed by atoms with Crippen LogP contribution >= 0.6 is 0 Å². The van der Waals surface area contributed by atoms with Gasteiger partial charge < -0.3 is 10.1 Å². The normalized spacial score (nSPS) is 11.9. The van der Waals surface area contributed by atoms with E-state index in [0.29, 0.717) is 5.69 Å². The number of rotatable bonds is 6. The van der Waals surface area contributed by atoms with Crippen molar-refractivity contribution in [3.05, 3.63) is 29.8 Å². The average molecular weight is 329 g/mol. The van der Waals surface area contributed by atoms with E-state index in [0.717, 1.165) is 0 Å². The Balaban J connectivity index is 2.84. The average Bonchev–Trinajstić information content (AvgIpc) is 2.37. The van der Waals surface area contributed by atoms with Crippen LogP contribution in [0.3, 0.4) is 0 Å². The summed E-state index contributed by atoms with van der Waals surface area (Å²) in [6.07, 6.45) is -0.761. The molecule has 1 aromatic carbocycles. The molecule has 1 aromatic rings. The number of ether oxygens (including phenoxy) is 1. The summed E-state index contributed by atoms with van der Waals surface area (Å²) >= 11 is 0. The van der Waals surface area contributed by atoms with Gasteiger partial charge in [-0.15, -0.1) is 0 Å². The molecule has 0 aromatic heterocycles. The minimum absolute atomic E-state index is 0.0817. The van der Waals surface area contributed by atoms with Crippen LogP contribution in [0.4, 0.5) is 19.3 Å². The van der Waals surface area contributed by atoms with Gasteiger partial charge in [-0.1, -0.05) is 31.8 Å². The Kier molecular flexibility index (Phi) is 5.82. The zero-order chi connectivity index (χ0) is 17.0. The summed E-state index contributed by atoms with van der Waals surface area (Å²) in [5.41, 5.74) is 0.623. The number of carbonyl (C=O) groups is 2. The summed E-state index contributed by atoms with van der Waals surface area (Å²) in [5, 5.41) is 2.72. The number of halogens is 2. The summed E-state index contributed by atoms with van der Waals surface area (Å²) < 4.78 is 31.8. The van der Waals surface area contributed by atoms with Gasteiger partial charge in [-0.05, 0) is 24.6 Å². The molecule has 7 heteroatoms. The fraction of sp³-hybridized carbons (Fsp3) is 0.467. The zero-order valence-corrected chi connectivity index (χ0v) is 14.2. The number of hydrogen-bond acceptors (Lipinski definition) is 3. The number of esters is 1. The van der Waals surface area contributed by atoms with Crippen LogP contribution in [-0.4, -0.2) is 32.1 Å². The molecule has 4 nitrogen and oxygen atoms in total. The second kappa shape index (κ2) is 7.00. The standard InChI is InChI=1S/C15H21F2NO3Si/c1-5-21-13(19)15(16,17)10-11-7-6-8-12(9-11)18-14(20)22(2,3)4/h6-9H,5,10H2,1-4H3,(H,18,20). The number of carbonyl (C=O) groups excluding carboxylic acids is 2. The van der Waals surface area contributed by atoms with Gasteiger partial charge in [0.1, 0.15) is 0 Å². The summed E-state index contributed by atoms with van der Waals surface area (Å²) in [7, 11) is -2.01. The van der Waals surface area contributed by atoms with Crippen LogP contribution in [0.15, 0.2) is 24.3 Å². The van der Waals surface area contributed by atoms with E-state index in [2.05, 4.69) is 10.1 Å². The lowest BCUT2D eigenvalue weighted by Gasteiger charge is -2.17. The Bertz CT molecular complexity index is 556. The maximum absolute atomic E-state index is 13.7. The van der Waals surface area contributed by atoms with E-state index in [9.17, 15) is 18.4 Å². The summed E-state index contributed by atoms with van der Waals surface area (Å²) in [4.78, 5) is 23.2. The molecule has 1 N–H and O–H groups in total. The highest BCUT2D eigenvalue weighted by Gasteiger charge is 2.40. The first-order chi connectivity index (χ1) is 10.1. The molecule has 0 radical (unpaired) electrons. The molecule has 0 unspecified atom stereocenters. The Morgan fingerprint density at radius 1 is 1.27 bits per heavy atom. The first-order valence-corrected chi connectivity index (χ1v) is 10.5. The van der Waals surface area contributed by atoms with E-state index >= 15 is 0 Å². The highest BCUT2D eigenvalue weighted by molar-refractivity contribution is 7.04. The first kappa shape index (κ1) is 18.3. The molecule has 1 rings (SSSR count). The molecule has 0 saturated carbocycles. The van der Waals surface area contributed by atoms with Crippen molar-refractivity contribution in [2.24, 2.45) is 0 Å². The van der Waals surface area contributed by atoms with Crippen LogP contribution in [0, 0.1) is 0 Å². The van der Waals surface area contributed by atoms with Crippen LogP contribution in [0.1, 0.15) is 12.5 Å². The molecule has 0 spiro atoms. The van der Waals surface area contributed by atoms with Crippen LogP contribution in [0.25, 0.3) is 0 Å². The molecule has 0 saturated heterocycles. The Morgan fingerprint density at radius 2 is 1.91 bits per heavy atom. The van der Waals surface area contributed by atoms with Crippen molar-refractivity contribution in [3.8, 4) is 0 Å². The van der Waals surface area contributed by atoms with E-state index in [1.54, 1.807) is 12.1 Å². The molecular formula is C15H21F2NO3Si. The van der Waals surface area contributed by atoms with Gasteiger partial charge in [-0.25, -0.2) is 4.79 Å². The monoisotopic (exact) mass is 329 g/mol. The smallest absolute Gasteiger partial charge is 0.377 e. The Morgan fingerprint density at radius 3 is 2.45 bits per heavy atom. The number of alkyl halides is 2. The molecule has 22 heavy (non-hydrogen) atoms. The maximum atomic E-state index is 13.7. The van der Waals surface area contributed by atoms with Gasteiger partial charge in [0.25, 0.3) is 0 Å². The lowest BCUT2D eigenvalue weighted by atomic mass is 10.1. The molecule has 0 aliphatic rings. The molecule has 0 bridgehead atoms. The van der Waals surface area contributed by atoms with Crippen LogP contribution in [0.2, 0.25) is 19.6 Å². The van der Waals surface area contributed by atoms with Gasteiger partial charge >= 0.3 is 11.9 Å². The van der Waals surface area contributed by atoms with Crippen molar-refractivity contribution in [1.82, 2.24) is 0 Å². The van der Waals surface area contributed by atoms with E-state index in [-0.39, 0.29) is 17.7 Å². The van der Waals surface area contributed by atoms with Crippen molar-refractivity contribution in [3.63, 3.8) is 0 Å². The van der Waals surface area contributed by atoms with Crippen molar-refractivity contribution < 1.29 is 23.1 Å². The summed E-state index contributed by atoms with van der Waals surface area (Å²) in [6, 6.07) is 6.13. The van der Waals surface area contributed by atoms with Crippen LogP contribution < -0.4 is 5.32 Å². The van der Waals surface area contributed by atoms with Crippen LogP contribution in [-0.2, 0) is 16.0 Å². The second-order valence-corrected chi connectivity index (χ2v) is 11.0. The van der Waals surface area contributed by atoms with Gasteiger partial charge in [0.15, 0.2) is 13.6 Å². The third-order valence-electron chi connectivity index (χ3n) is 2.87. The molecular weight excluding hydrogens is 308 g/mol. The molecule has 0 fully saturated rings. The van der Waals surface area contributed by atoms with Gasteiger partial charge in [-0.3, -0.25) is 4.79 Å². The SMILES string of the molecule is CCOC(=O)C(F)(F)Cc1cccc(NC(=O)[Si](C)(C)C)c1. The number of hydrogen-bond donors (Lipinski definition) is 1. The van der Waals surface area contributed by atoms with E-state index in [4.69, 9.17) is 0 Å². The maximum Gasteiger partial charge on any atom is 0.377 e.